The van der Waals surface area contributed by atoms with Crippen molar-refractivity contribution in [1.82, 2.24) is 4.90 Å². The largest absolute Gasteiger partial charge is 1.00 e. The summed E-state index contributed by atoms with van der Waals surface area (Å²) in [5.74, 6) is 2.31. The van der Waals surface area contributed by atoms with E-state index in [1.165, 1.54) is 5.56 Å². The van der Waals surface area contributed by atoms with Crippen LogP contribution in [0.2, 0.25) is 0 Å². The molecule has 0 saturated carbocycles. The van der Waals surface area contributed by atoms with Crippen LogP contribution in [0, 0.1) is 0 Å². The molecule has 7 nitrogen and oxygen atoms in total. The predicted molar refractivity (Wildman–Crippen MR) is 114 cm³/mol. The molecule has 8 heteroatoms. The van der Waals surface area contributed by atoms with E-state index in [1.807, 2.05) is 6.07 Å². The molecule has 0 radical (unpaired) electrons. The summed E-state index contributed by atoms with van der Waals surface area (Å²) in [5, 5.41) is 12.8. The summed E-state index contributed by atoms with van der Waals surface area (Å²) in [6.45, 7) is 5.19. The minimum Gasteiger partial charge on any atom is -1.00 e. The lowest BCUT2D eigenvalue weighted by Crippen LogP contribution is -3.00. The zero-order valence-electron chi connectivity index (χ0n) is 17.9. The molecule has 1 saturated heterocycles. The molecule has 2 aromatic carbocycles. The fraction of sp³-hybridized carbons (Fsp3) is 0.375. The number of benzene rings is 2. The Hall–Kier alpha value is -2.74. The molecule has 3 aliphatic heterocycles. The van der Waals surface area contributed by atoms with E-state index in [4.69, 9.17) is 18.9 Å². The first-order valence-electron chi connectivity index (χ1n) is 10.7. The molecule has 1 fully saturated rings. The molecule has 0 spiro atoms. The third-order valence-electron chi connectivity index (χ3n) is 6.52. The van der Waals surface area contributed by atoms with Gasteiger partial charge >= 0.3 is 0 Å². The normalized spacial score (nSPS) is 16.9. The molecule has 3 aromatic rings. The van der Waals surface area contributed by atoms with Crippen LogP contribution in [-0.2, 0) is 24.2 Å². The second-order valence-corrected chi connectivity index (χ2v) is 8.27. The molecular weight excluding hydrogens is 432 g/mol. The summed E-state index contributed by atoms with van der Waals surface area (Å²) < 4.78 is 24.4. The highest BCUT2D eigenvalue weighted by molar-refractivity contribution is 5.94. The quantitative estimate of drug-likeness (QED) is 0.543. The molecule has 0 amide bonds. The molecule has 6 rings (SSSR count). The van der Waals surface area contributed by atoms with E-state index in [-0.39, 0.29) is 24.9 Å². The molecule has 168 valence electrons. The maximum absolute atomic E-state index is 10.9. The maximum Gasteiger partial charge on any atom is 0.231 e. The second kappa shape index (κ2) is 8.31. The Labute approximate surface area is 192 Å². The van der Waals surface area contributed by atoms with Crippen molar-refractivity contribution in [3.63, 3.8) is 0 Å². The van der Waals surface area contributed by atoms with Gasteiger partial charge in [0, 0.05) is 37.5 Å². The van der Waals surface area contributed by atoms with Crippen LogP contribution in [-0.4, -0.2) is 50.2 Å². The van der Waals surface area contributed by atoms with Crippen LogP contribution in [0.5, 0.6) is 23.0 Å². The smallest absolute Gasteiger partial charge is 0.231 e. The maximum atomic E-state index is 10.9. The van der Waals surface area contributed by atoms with Gasteiger partial charge in [-0.1, -0.05) is 0 Å². The SMILES string of the molecule is COc1cc(CN2CCOCC2)c2cc3[n+](cc2c1O)CCc1cc2c(cc1-3)OCO2.[Cl-]. The van der Waals surface area contributed by atoms with Gasteiger partial charge in [0.25, 0.3) is 0 Å². The fourth-order valence-corrected chi connectivity index (χ4v) is 4.86. The van der Waals surface area contributed by atoms with Gasteiger partial charge in [-0.2, -0.15) is 4.57 Å². The average molecular weight is 457 g/mol. The number of methoxy groups -OCH3 is 1. The Balaban J connectivity index is 0.00000216. The Kier molecular flexibility index (Phi) is 5.49. The first kappa shape index (κ1) is 21.1. The number of aryl methyl sites for hydroxylation is 2. The van der Waals surface area contributed by atoms with Crippen molar-refractivity contribution in [2.24, 2.45) is 0 Å². The van der Waals surface area contributed by atoms with E-state index >= 15 is 0 Å². The molecule has 3 aliphatic rings. The summed E-state index contributed by atoms with van der Waals surface area (Å²) >= 11 is 0. The molecule has 1 aromatic heterocycles. The van der Waals surface area contributed by atoms with Crippen LogP contribution < -0.4 is 31.2 Å². The fourth-order valence-electron chi connectivity index (χ4n) is 4.86. The van der Waals surface area contributed by atoms with Crippen LogP contribution in [0.15, 0.2) is 30.5 Å². The number of halogens is 1. The number of pyridine rings is 1. The van der Waals surface area contributed by atoms with Crippen LogP contribution >= 0.6 is 0 Å². The van der Waals surface area contributed by atoms with Gasteiger partial charge in [-0.25, -0.2) is 0 Å². The van der Waals surface area contributed by atoms with E-state index in [1.54, 1.807) is 7.11 Å². The van der Waals surface area contributed by atoms with Gasteiger partial charge in [-0.3, -0.25) is 4.90 Å². The Bertz CT molecular complexity index is 1190. The van der Waals surface area contributed by atoms with Crippen molar-refractivity contribution in [2.45, 2.75) is 19.5 Å². The first-order chi connectivity index (χ1) is 15.2. The molecular formula is C24H25ClN2O5. The highest BCUT2D eigenvalue weighted by Crippen LogP contribution is 2.42. The Morgan fingerprint density at radius 2 is 1.84 bits per heavy atom. The van der Waals surface area contributed by atoms with E-state index in [0.717, 1.165) is 84.9 Å². The number of aromatic hydroxyl groups is 1. The van der Waals surface area contributed by atoms with E-state index in [0.29, 0.717) is 5.75 Å². The third kappa shape index (κ3) is 3.41. The number of fused-ring (bicyclic) bond motifs is 5. The molecule has 32 heavy (non-hydrogen) atoms. The highest BCUT2D eigenvalue weighted by atomic mass is 35.5. The lowest BCUT2D eigenvalue weighted by molar-refractivity contribution is -0.686. The summed E-state index contributed by atoms with van der Waals surface area (Å²) in [6.07, 6.45) is 2.96. The predicted octanol–water partition coefficient (Wildman–Crippen LogP) is -0.370. The van der Waals surface area contributed by atoms with Crippen molar-refractivity contribution in [1.29, 1.82) is 0 Å². The molecule has 0 unspecified atom stereocenters. The van der Waals surface area contributed by atoms with Crippen molar-refractivity contribution in [3.8, 4) is 34.3 Å². The molecule has 1 N–H and O–H groups in total. The van der Waals surface area contributed by atoms with Gasteiger partial charge in [0.15, 0.2) is 35.7 Å². The van der Waals surface area contributed by atoms with Gasteiger partial charge in [0.05, 0.1) is 31.3 Å². The Morgan fingerprint density at radius 3 is 2.62 bits per heavy atom. The van der Waals surface area contributed by atoms with Crippen molar-refractivity contribution >= 4 is 10.8 Å². The van der Waals surface area contributed by atoms with Gasteiger partial charge in [-0.15, -0.1) is 0 Å². The standard InChI is InChI=1S/C24H24N2O5.ClH/c1-28-23-9-16(12-25-4-6-29-7-5-25)17-10-20-18-11-22-21(30-14-31-22)8-15(18)2-3-26(20)13-19(17)24(23)27;/h8-11,13H,2-7,12,14H2,1H3;1H. The van der Waals surface area contributed by atoms with Crippen LogP contribution in [0.1, 0.15) is 11.1 Å². The zero-order chi connectivity index (χ0) is 20.9. The van der Waals surface area contributed by atoms with Gasteiger partial charge in [-0.05, 0) is 29.3 Å². The summed E-state index contributed by atoms with van der Waals surface area (Å²) in [5.41, 5.74) is 4.68. The molecule has 0 bridgehead atoms. The van der Waals surface area contributed by atoms with Gasteiger partial charge in [0.1, 0.15) is 0 Å². The molecule has 0 atom stereocenters. The lowest BCUT2D eigenvalue weighted by atomic mass is 9.94. The minimum atomic E-state index is 0. The minimum absolute atomic E-state index is 0. The number of hydrogen-bond acceptors (Lipinski definition) is 6. The number of hydrogen-bond donors (Lipinski definition) is 1. The van der Waals surface area contributed by atoms with Gasteiger partial charge < -0.3 is 36.5 Å². The summed E-state index contributed by atoms with van der Waals surface area (Å²) in [4.78, 5) is 2.38. The third-order valence-corrected chi connectivity index (χ3v) is 6.52. The topological polar surface area (TPSA) is 64.3 Å². The zero-order valence-corrected chi connectivity index (χ0v) is 18.7. The van der Waals surface area contributed by atoms with E-state index in [9.17, 15) is 5.11 Å². The van der Waals surface area contributed by atoms with E-state index < -0.39 is 0 Å². The summed E-state index contributed by atoms with van der Waals surface area (Å²) in [6, 6.07) is 8.35. The summed E-state index contributed by atoms with van der Waals surface area (Å²) in [7, 11) is 1.60. The second-order valence-electron chi connectivity index (χ2n) is 8.27. The number of phenols is 1. The van der Waals surface area contributed by atoms with Crippen LogP contribution in [0.3, 0.4) is 0 Å². The van der Waals surface area contributed by atoms with Crippen LogP contribution in [0.25, 0.3) is 22.0 Å². The number of ether oxygens (including phenoxy) is 4. The number of nitrogens with zero attached hydrogens (tertiary/aromatic N) is 2. The van der Waals surface area contributed by atoms with E-state index in [2.05, 4.69) is 33.9 Å². The number of morpholine rings is 1. The van der Waals surface area contributed by atoms with Crippen molar-refractivity contribution in [3.05, 3.63) is 41.6 Å². The Morgan fingerprint density at radius 1 is 1.06 bits per heavy atom. The monoisotopic (exact) mass is 456 g/mol. The first-order valence-corrected chi connectivity index (χ1v) is 10.7. The lowest BCUT2D eigenvalue weighted by Gasteiger charge is -2.27. The highest BCUT2D eigenvalue weighted by Gasteiger charge is 2.29. The number of aromatic nitrogens is 1. The molecule has 0 aliphatic carbocycles. The van der Waals surface area contributed by atoms with Gasteiger partial charge in [0.2, 0.25) is 12.5 Å². The van der Waals surface area contributed by atoms with Crippen LogP contribution in [0.4, 0.5) is 0 Å². The van der Waals surface area contributed by atoms with Crippen molar-refractivity contribution < 1.29 is 41.0 Å². The number of rotatable bonds is 3. The average Bonchev–Trinajstić information content (AvgIpc) is 3.26. The van der Waals surface area contributed by atoms with Crippen molar-refractivity contribution in [2.75, 3.05) is 40.2 Å². The number of phenolic OH excluding ortho intramolecular Hbond substituents is 1. The molecule has 4 heterocycles.